The molecule has 1 N–H and O–H groups in total. The van der Waals surface area contributed by atoms with E-state index in [-0.39, 0.29) is 11.4 Å². The Morgan fingerprint density at radius 3 is 2.72 bits per heavy atom. The smallest absolute Gasteiger partial charge is 0.280 e. The molecule has 25 heavy (non-hydrogen) atoms. The first-order valence-electron chi connectivity index (χ1n) is 8.93. The number of aromatic nitrogens is 2. The van der Waals surface area contributed by atoms with Gasteiger partial charge in [0.15, 0.2) is 5.82 Å². The van der Waals surface area contributed by atoms with Gasteiger partial charge in [-0.2, -0.15) is 0 Å². The summed E-state index contributed by atoms with van der Waals surface area (Å²) in [4.78, 5) is 29.6. The molecule has 1 spiro atoms. The molecule has 1 fully saturated rings. The molecule has 6 heteroatoms. The molecular weight excluding hydrogens is 314 g/mol. The number of hydrogen-bond donors (Lipinski definition) is 1. The van der Waals surface area contributed by atoms with Crippen molar-refractivity contribution in [2.75, 3.05) is 18.5 Å². The minimum atomic E-state index is -0.0492. The Hall–Kier alpha value is -2.63. The first-order valence-corrected chi connectivity index (χ1v) is 8.93. The number of benzene rings is 1. The van der Waals surface area contributed by atoms with Crippen LogP contribution in [0.5, 0.6) is 0 Å². The number of nitrogens with one attached hydrogen (secondary N) is 1. The standard InChI is InChI=1S/C19H21N5O/c1-23-17(25)15-16(21-14(20-15)11-13-7-3-2-4-8-13)24-12-19(22-18(23)24)9-5-6-10-19/h2-4,7-8H,5-6,9-12H2,1H3,(H,20,21). The van der Waals surface area contributed by atoms with E-state index in [2.05, 4.69) is 22.0 Å². The van der Waals surface area contributed by atoms with Gasteiger partial charge in [-0.1, -0.05) is 43.2 Å². The fraction of sp³-hybridized carbons (Fsp3) is 0.421. The predicted octanol–water partition coefficient (Wildman–Crippen LogP) is 2.57. The van der Waals surface area contributed by atoms with Crippen molar-refractivity contribution in [2.24, 2.45) is 4.99 Å². The second kappa shape index (κ2) is 5.18. The first kappa shape index (κ1) is 14.7. The summed E-state index contributed by atoms with van der Waals surface area (Å²) in [5, 5.41) is 0. The number of imidazole rings is 1. The van der Waals surface area contributed by atoms with Crippen molar-refractivity contribution in [3.63, 3.8) is 0 Å². The van der Waals surface area contributed by atoms with E-state index in [4.69, 9.17) is 9.98 Å². The van der Waals surface area contributed by atoms with Gasteiger partial charge >= 0.3 is 0 Å². The summed E-state index contributed by atoms with van der Waals surface area (Å²) in [5.41, 5.74) is 1.74. The Morgan fingerprint density at radius 1 is 1.20 bits per heavy atom. The van der Waals surface area contributed by atoms with Gasteiger partial charge in [0.25, 0.3) is 5.91 Å². The highest BCUT2D eigenvalue weighted by Gasteiger charge is 2.48. The summed E-state index contributed by atoms with van der Waals surface area (Å²) >= 11 is 0. The van der Waals surface area contributed by atoms with Crippen LogP contribution in [0.1, 0.15) is 47.6 Å². The van der Waals surface area contributed by atoms with Gasteiger partial charge in [-0.05, 0) is 18.4 Å². The number of nitrogens with zero attached hydrogens (tertiary/aromatic N) is 4. The normalized spacial score (nSPS) is 20.8. The van der Waals surface area contributed by atoms with Gasteiger partial charge in [-0.25, -0.2) is 9.98 Å². The van der Waals surface area contributed by atoms with Crippen LogP contribution >= 0.6 is 0 Å². The molecule has 5 rings (SSSR count). The van der Waals surface area contributed by atoms with Crippen LogP contribution in [-0.2, 0) is 6.42 Å². The third-order valence-electron chi connectivity index (χ3n) is 5.59. The topological polar surface area (TPSA) is 64.6 Å². The summed E-state index contributed by atoms with van der Waals surface area (Å²) < 4.78 is 0. The lowest BCUT2D eigenvalue weighted by molar-refractivity contribution is 0.0860. The Bertz CT molecular complexity index is 863. The van der Waals surface area contributed by atoms with E-state index >= 15 is 0 Å². The van der Waals surface area contributed by atoms with Crippen molar-refractivity contribution in [3.05, 3.63) is 47.4 Å². The quantitative estimate of drug-likeness (QED) is 0.917. The molecule has 1 aliphatic carbocycles. The molecule has 128 valence electrons. The van der Waals surface area contributed by atoms with Gasteiger partial charge in [0.2, 0.25) is 5.96 Å². The van der Waals surface area contributed by atoms with Gasteiger partial charge in [0.05, 0.1) is 12.1 Å². The molecule has 0 bridgehead atoms. The number of anilines is 1. The number of aromatic amines is 1. The zero-order valence-electron chi connectivity index (χ0n) is 14.3. The summed E-state index contributed by atoms with van der Waals surface area (Å²) in [6, 6.07) is 10.2. The van der Waals surface area contributed by atoms with Crippen LogP contribution in [0.2, 0.25) is 0 Å². The first-order chi connectivity index (χ1) is 12.2. The number of carbonyl (C=O) groups is 1. The van der Waals surface area contributed by atoms with Gasteiger partial charge in [-0.15, -0.1) is 0 Å². The average molecular weight is 335 g/mol. The van der Waals surface area contributed by atoms with Crippen LogP contribution in [0, 0.1) is 0 Å². The molecule has 3 aliphatic rings. The van der Waals surface area contributed by atoms with Crippen molar-refractivity contribution in [2.45, 2.75) is 37.6 Å². The Balaban J connectivity index is 1.52. The molecule has 1 aromatic carbocycles. The molecule has 0 unspecified atom stereocenters. The van der Waals surface area contributed by atoms with Gasteiger partial charge in [0.1, 0.15) is 11.5 Å². The minimum absolute atomic E-state index is 0.0238. The van der Waals surface area contributed by atoms with Crippen LogP contribution in [0.3, 0.4) is 0 Å². The van der Waals surface area contributed by atoms with Gasteiger partial charge in [0, 0.05) is 13.5 Å². The number of guanidine groups is 1. The monoisotopic (exact) mass is 335 g/mol. The van der Waals surface area contributed by atoms with E-state index in [1.54, 1.807) is 4.90 Å². The van der Waals surface area contributed by atoms with Gasteiger partial charge < -0.3 is 4.98 Å². The molecule has 3 heterocycles. The summed E-state index contributed by atoms with van der Waals surface area (Å²) in [7, 11) is 1.81. The zero-order valence-corrected chi connectivity index (χ0v) is 14.3. The maximum Gasteiger partial charge on any atom is 0.280 e. The molecule has 1 amide bonds. The summed E-state index contributed by atoms with van der Waals surface area (Å²) in [5.74, 6) is 2.28. The highest BCUT2D eigenvalue weighted by Crippen LogP contribution is 2.41. The fourth-order valence-corrected chi connectivity index (χ4v) is 4.29. The molecule has 1 saturated carbocycles. The Labute approximate surface area is 146 Å². The SMILES string of the molecule is CN1C(=O)c2[nH]c(Cc3ccccc3)nc2N2CC3(CCCC3)N=C12. The van der Waals surface area contributed by atoms with Gasteiger partial charge in [-0.3, -0.25) is 14.6 Å². The average Bonchev–Trinajstić information content (AvgIpc) is 3.33. The maximum atomic E-state index is 12.8. The van der Waals surface area contributed by atoms with Crippen LogP contribution in [0.15, 0.2) is 35.3 Å². The number of hydrogen-bond acceptors (Lipinski definition) is 4. The zero-order chi connectivity index (χ0) is 17.0. The third-order valence-corrected chi connectivity index (χ3v) is 5.59. The summed E-state index contributed by atoms with van der Waals surface area (Å²) in [6.07, 6.45) is 5.33. The Kier molecular flexibility index (Phi) is 3.04. The van der Waals surface area contributed by atoms with E-state index in [1.807, 2.05) is 25.2 Å². The second-order valence-corrected chi connectivity index (χ2v) is 7.34. The maximum absolute atomic E-state index is 12.8. The molecular formula is C19H21N5O. The number of amides is 1. The van der Waals surface area contributed by atoms with E-state index in [0.29, 0.717) is 12.1 Å². The van der Waals surface area contributed by atoms with E-state index < -0.39 is 0 Å². The highest BCUT2D eigenvalue weighted by molar-refractivity contribution is 6.17. The summed E-state index contributed by atoms with van der Waals surface area (Å²) in [6.45, 7) is 0.836. The van der Waals surface area contributed by atoms with Crippen LogP contribution in [-0.4, -0.2) is 45.9 Å². The van der Waals surface area contributed by atoms with Crippen LogP contribution in [0.25, 0.3) is 0 Å². The molecule has 1 aromatic heterocycles. The van der Waals surface area contributed by atoms with Crippen LogP contribution < -0.4 is 4.90 Å². The lowest BCUT2D eigenvalue weighted by atomic mass is 9.99. The molecule has 0 saturated heterocycles. The molecule has 6 nitrogen and oxygen atoms in total. The largest absolute Gasteiger partial charge is 0.336 e. The van der Waals surface area contributed by atoms with Crippen LogP contribution in [0.4, 0.5) is 5.82 Å². The number of rotatable bonds is 2. The minimum Gasteiger partial charge on any atom is -0.336 e. The molecule has 2 aromatic rings. The molecule has 2 aliphatic heterocycles. The lowest BCUT2D eigenvalue weighted by Crippen LogP contribution is -2.48. The molecule has 0 radical (unpaired) electrons. The highest BCUT2D eigenvalue weighted by atomic mass is 16.2. The van der Waals surface area contributed by atoms with E-state index in [0.717, 1.165) is 37.0 Å². The van der Waals surface area contributed by atoms with Crippen molar-refractivity contribution in [3.8, 4) is 0 Å². The Morgan fingerprint density at radius 2 is 1.96 bits per heavy atom. The van der Waals surface area contributed by atoms with E-state index in [1.165, 1.54) is 18.4 Å². The number of aliphatic imine (C=N–C) groups is 1. The third kappa shape index (κ3) is 2.20. The lowest BCUT2D eigenvalue weighted by Gasteiger charge is -2.30. The van der Waals surface area contributed by atoms with Crippen molar-refractivity contribution >= 4 is 17.7 Å². The molecule has 0 atom stereocenters. The van der Waals surface area contributed by atoms with Crippen molar-refractivity contribution in [1.29, 1.82) is 0 Å². The van der Waals surface area contributed by atoms with Crippen molar-refractivity contribution < 1.29 is 4.79 Å². The second-order valence-electron chi connectivity index (χ2n) is 7.34. The fourth-order valence-electron chi connectivity index (χ4n) is 4.29. The number of carbonyl (C=O) groups excluding carboxylic acids is 1. The number of H-pyrrole nitrogens is 1. The van der Waals surface area contributed by atoms with Crippen molar-refractivity contribution in [1.82, 2.24) is 14.9 Å². The predicted molar refractivity (Wildman–Crippen MR) is 95.9 cm³/mol. The number of fused-ring (bicyclic) bond motifs is 3. The van der Waals surface area contributed by atoms with E-state index in [9.17, 15) is 4.79 Å².